The van der Waals surface area contributed by atoms with E-state index in [-0.39, 0.29) is 18.2 Å². The Kier molecular flexibility index (Phi) is 4.85. The first-order valence-electron chi connectivity index (χ1n) is 8.04. The number of benzene rings is 2. The molecule has 1 aliphatic heterocycles. The molecule has 3 rings (SSSR count). The van der Waals surface area contributed by atoms with Crippen molar-refractivity contribution in [2.45, 2.75) is 25.0 Å². The molecular weight excluding hydrogens is 302 g/mol. The number of methoxy groups -OCH3 is 1. The van der Waals surface area contributed by atoms with Gasteiger partial charge in [-0.1, -0.05) is 48.5 Å². The fourth-order valence-corrected chi connectivity index (χ4v) is 3.07. The van der Waals surface area contributed by atoms with E-state index in [4.69, 9.17) is 9.47 Å². The van der Waals surface area contributed by atoms with Gasteiger partial charge in [0.1, 0.15) is 11.9 Å². The first kappa shape index (κ1) is 16.1. The standard InChI is InChI=1S/C20H21NO3/c1-3-16-19(14-13-15-9-5-4-6-10-15)24-20(22)21(16)17-11-7-8-12-18(17)23-2/h3-12,16,19H,1,13-14H2,2H3/t16-,19+/m1/s1. The van der Waals surface area contributed by atoms with Crippen molar-refractivity contribution < 1.29 is 14.3 Å². The quantitative estimate of drug-likeness (QED) is 0.748. The Bertz CT molecular complexity index is 714. The summed E-state index contributed by atoms with van der Waals surface area (Å²) in [6.45, 7) is 3.90. The van der Waals surface area contributed by atoms with Crippen LogP contribution in [0.4, 0.5) is 10.5 Å². The number of rotatable bonds is 6. The van der Waals surface area contributed by atoms with Crippen molar-refractivity contribution in [1.29, 1.82) is 0 Å². The zero-order valence-electron chi connectivity index (χ0n) is 13.7. The van der Waals surface area contributed by atoms with Crippen LogP contribution >= 0.6 is 0 Å². The number of ether oxygens (including phenoxy) is 2. The van der Waals surface area contributed by atoms with Crippen LogP contribution in [-0.2, 0) is 11.2 Å². The highest BCUT2D eigenvalue weighted by atomic mass is 16.6. The molecule has 2 aromatic carbocycles. The molecule has 0 N–H and O–H groups in total. The molecule has 24 heavy (non-hydrogen) atoms. The molecule has 1 amide bonds. The number of cyclic esters (lactones) is 1. The van der Waals surface area contributed by atoms with Gasteiger partial charge in [-0.2, -0.15) is 0 Å². The molecule has 1 saturated heterocycles. The minimum Gasteiger partial charge on any atom is -0.495 e. The van der Waals surface area contributed by atoms with E-state index in [1.807, 2.05) is 42.5 Å². The summed E-state index contributed by atoms with van der Waals surface area (Å²) in [6.07, 6.45) is 2.79. The van der Waals surface area contributed by atoms with Crippen LogP contribution in [0.5, 0.6) is 5.75 Å². The van der Waals surface area contributed by atoms with Crippen LogP contribution in [0.2, 0.25) is 0 Å². The molecule has 1 fully saturated rings. The van der Waals surface area contributed by atoms with Gasteiger partial charge in [0.15, 0.2) is 0 Å². The Hall–Kier alpha value is -2.75. The van der Waals surface area contributed by atoms with Crippen LogP contribution in [0.3, 0.4) is 0 Å². The number of hydrogen-bond donors (Lipinski definition) is 0. The molecular formula is C20H21NO3. The monoisotopic (exact) mass is 323 g/mol. The van der Waals surface area contributed by atoms with Crippen LogP contribution < -0.4 is 9.64 Å². The van der Waals surface area contributed by atoms with E-state index in [1.165, 1.54) is 5.56 Å². The number of carbonyl (C=O) groups is 1. The third-order valence-corrected chi connectivity index (χ3v) is 4.27. The molecule has 124 valence electrons. The molecule has 0 radical (unpaired) electrons. The molecule has 0 unspecified atom stereocenters. The number of anilines is 1. The van der Waals surface area contributed by atoms with E-state index in [9.17, 15) is 4.79 Å². The van der Waals surface area contributed by atoms with Crippen molar-refractivity contribution in [1.82, 2.24) is 0 Å². The lowest BCUT2D eigenvalue weighted by molar-refractivity contribution is 0.131. The summed E-state index contributed by atoms with van der Waals surface area (Å²) in [6, 6.07) is 17.4. The summed E-state index contributed by atoms with van der Waals surface area (Å²) < 4.78 is 11.0. The van der Waals surface area contributed by atoms with Gasteiger partial charge in [-0.25, -0.2) is 4.79 Å². The van der Waals surface area contributed by atoms with Crippen molar-refractivity contribution in [3.63, 3.8) is 0 Å². The summed E-state index contributed by atoms with van der Waals surface area (Å²) >= 11 is 0. The smallest absolute Gasteiger partial charge is 0.415 e. The molecule has 0 saturated carbocycles. The highest BCUT2D eigenvalue weighted by Crippen LogP contribution is 2.35. The average molecular weight is 323 g/mol. The summed E-state index contributed by atoms with van der Waals surface area (Å²) in [5, 5.41) is 0. The second-order valence-corrected chi connectivity index (χ2v) is 5.71. The summed E-state index contributed by atoms with van der Waals surface area (Å²) in [4.78, 5) is 14.1. The van der Waals surface area contributed by atoms with Crippen molar-refractivity contribution in [3.05, 3.63) is 72.8 Å². The molecule has 0 aliphatic carbocycles. The fourth-order valence-electron chi connectivity index (χ4n) is 3.07. The molecule has 0 aromatic heterocycles. The SMILES string of the molecule is C=C[C@@H]1[C@H](CCc2ccccc2)OC(=O)N1c1ccccc1OC. The number of amides is 1. The van der Waals surface area contributed by atoms with Gasteiger partial charge in [-0.15, -0.1) is 6.58 Å². The van der Waals surface area contributed by atoms with Crippen LogP contribution in [0, 0.1) is 0 Å². The molecule has 0 spiro atoms. The van der Waals surface area contributed by atoms with Crippen LogP contribution in [0.1, 0.15) is 12.0 Å². The third kappa shape index (κ3) is 3.13. The molecule has 4 nitrogen and oxygen atoms in total. The van der Waals surface area contributed by atoms with E-state index in [0.29, 0.717) is 11.4 Å². The highest BCUT2D eigenvalue weighted by molar-refractivity contribution is 5.93. The molecule has 4 heteroatoms. The molecule has 2 aromatic rings. The van der Waals surface area contributed by atoms with Gasteiger partial charge in [0.2, 0.25) is 0 Å². The number of nitrogens with zero attached hydrogens (tertiary/aromatic N) is 1. The first-order valence-corrected chi connectivity index (χ1v) is 8.04. The van der Waals surface area contributed by atoms with E-state index in [2.05, 4.69) is 18.7 Å². The van der Waals surface area contributed by atoms with Gasteiger partial charge in [-0.05, 0) is 30.5 Å². The predicted octanol–water partition coefficient (Wildman–Crippen LogP) is 4.21. The van der Waals surface area contributed by atoms with Gasteiger partial charge >= 0.3 is 6.09 Å². The zero-order valence-corrected chi connectivity index (χ0v) is 13.7. The van der Waals surface area contributed by atoms with Crippen LogP contribution in [-0.4, -0.2) is 25.3 Å². The zero-order chi connectivity index (χ0) is 16.9. The van der Waals surface area contributed by atoms with E-state index in [0.717, 1.165) is 12.8 Å². The summed E-state index contributed by atoms with van der Waals surface area (Å²) in [5.74, 6) is 0.644. The Morgan fingerprint density at radius 1 is 1.17 bits per heavy atom. The second-order valence-electron chi connectivity index (χ2n) is 5.71. The lowest BCUT2D eigenvalue weighted by Crippen LogP contribution is -2.35. The number of aryl methyl sites for hydroxylation is 1. The van der Waals surface area contributed by atoms with Crippen molar-refractivity contribution in [2.24, 2.45) is 0 Å². The van der Waals surface area contributed by atoms with Crippen LogP contribution in [0.15, 0.2) is 67.3 Å². The maximum Gasteiger partial charge on any atom is 0.415 e. The number of hydrogen-bond acceptors (Lipinski definition) is 3. The van der Waals surface area contributed by atoms with Crippen LogP contribution in [0.25, 0.3) is 0 Å². The third-order valence-electron chi connectivity index (χ3n) is 4.27. The van der Waals surface area contributed by atoms with E-state index in [1.54, 1.807) is 18.1 Å². The number of para-hydroxylation sites is 2. The first-order chi connectivity index (χ1) is 11.7. The Morgan fingerprint density at radius 2 is 1.88 bits per heavy atom. The lowest BCUT2D eigenvalue weighted by Gasteiger charge is -2.23. The molecule has 0 bridgehead atoms. The molecule has 2 atom stereocenters. The van der Waals surface area contributed by atoms with Gasteiger partial charge in [0, 0.05) is 0 Å². The lowest BCUT2D eigenvalue weighted by atomic mass is 10.0. The molecule has 1 heterocycles. The topological polar surface area (TPSA) is 38.8 Å². The number of carbonyl (C=O) groups excluding carboxylic acids is 1. The predicted molar refractivity (Wildman–Crippen MR) is 94.5 cm³/mol. The maximum atomic E-state index is 12.4. The van der Waals surface area contributed by atoms with Gasteiger partial charge in [0.05, 0.1) is 18.8 Å². The highest BCUT2D eigenvalue weighted by Gasteiger charge is 2.41. The van der Waals surface area contributed by atoms with Gasteiger partial charge in [0.25, 0.3) is 0 Å². The normalized spacial score (nSPS) is 19.9. The minimum atomic E-state index is -0.359. The van der Waals surface area contributed by atoms with Gasteiger partial charge < -0.3 is 9.47 Å². The molecule has 1 aliphatic rings. The minimum absolute atomic E-state index is 0.211. The van der Waals surface area contributed by atoms with Crippen molar-refractivity contribution >= 4 is 11.8 Å². The van der Waals surface area contributed by atoms with E-state index < -0.39 is 0 Å². The summed E-state index contributed by atoms with van der Waals surface area (Å²) in [7, 11) is 1.59. The van der Waals surface area contributed by atoms with Crippen molar-refractivity contribution in [2.75, 3.05) is 12.0 Å². The van der Waals surface area contributed by atoms with Gasteiger partial charge in [-0.3, -0.25) is 4.90 Å². The maximum absolute atomic E-state index is 12.4. The summed E-state index contributed by atoms with van der Waals surface area (Å²) in [5.41, 5.74) is 1.93. The van der Waals surface area contributed by atoms with E-state index >= 15 is 0 Å². The fraction of sp³-hybridized carbons (Fsp3) is 0.250. The Balaban J connectivity index is 1.79. The average Bonchev–Trinajstić information content (AvgIpc) is 2.96. The second kappa shape index (κ2) is 7.21. The largest absolute Gasteiger partial charge is 0.495 e. The Morgan fingerprint density at radius 3 is 2.58 bits per heavy atom. The Labute approximate surface area is 142 Å². The van der Waals surface area contributed by atoms with Crippen molar-refractivity contribution in [3.8, 4) is 5.75 Å².